The van der Waals surface area contributed by atoms with Crippen LogP contribution in [0.1, 0.15) is 0 Å². The average molecular weight is 276 g/mol. The normalized spacial score (nSPS) is 15.9. The summed E-state index contributed by atoms with van der Waals surface area (Å²) in [4.78, 5) is 2.26. The third kappa shape index (κ3) is 2.57. The number of nitrogens with two attached hydrogens (primary N) is 1. The van der Waals surface area contributed by atoms with E-state index in [2.05, 4.69) is 16.1 Å². The van der Waals surface area contributed by atoms with Crippen molar-refractivity contribution in [3.63, 3.8) is 0 Å². The summed E-state index contributed by atoms with van der Waals surface area (Å²) in [5.74, 6) is 0. The van der Waals surface area contributed by atoms with Crippen LogP contribution < -0.4 is 10.6 Å². The standard InChI is InChI=1S/C14H20N4O2/c1-19-5-4-18-10-11-8-12(15)14(9-13(11)16-18)17-2-6-20-7-3-17/h8-10H,2-7,15H2,1H3. The average Bonchev–Trinajstić information content (AvgIpc) is 2.86. The van der Waals surface area contributed by atoms with Crippen molar-refractivity contribution in [1.29, 1.82) is 0 Å². The molecule has 1 aliphatic rings. The van der Waals surface area contributed by atoms with E-state index in [4.69, 9.17) is 15.2 Å². The van der Waals surface area contributed by atoms with Gasteiger partial charge in [-0.3, -0.25) is 4.68 Å². The highest BCUT2D eigenvalue weighted by molar-refractivity contribution is 5.89. The van der Waals surface area contributed by atoms with Crippen molar-refractivity contribution in [2.45, 2.75) is 6.54 Å². The van der Waals surface area contributed by atoms with Gasteiger partial charge in [-0.15, -0.1) is 0 Å². The van der Waals surface area contributed by atoms with Crippen LogP contribution in [0, 0.1) is 0 Å². The summed E-state index contributed by atoms with van der Waals surface area (Å²) in [6.45, 7) is 4.65. The number of nitrogens with zero attached hydrogens (tertiary/aromatic N) is 3. The Hall–Kier alpha value is -1.79. The lowest BCUT2D eigenvalue weighted by molar-refractivity contribution is 0.123. The van der Waals surface area contributed by atoms with Crippen molar-refractivity contribution < 1.29 is 9.47 Å². The van der Waals surface area contributed by atoms with Gasteiger partial charge in [-0.2, -0.15) is 5.10 Å². The summed E-state index contributed by atoms with van der Waals surface area (Å²) in [7, 11) is 1.69. The van der Waals surface area contributed by atoms with E-state index < -0.39 is 0 Å². The first-order valence-corrected chi connectivity index (χ1v) is 6.86. The van der Waals surface area contributed by atoms with E-state index in [0.29, 0.717) is 6.61 Å². The molecule has 6 heteroatoms. The Morgan fingerprint density at radius 2 is 2.15 bits per heavy atom. The minimum absolute atomic E-state index is 0.653. The van der Waals surface area contributed by atoms with Crippen LogP contribution in [-0.4, -0.2) is 49.8 Å². The Kier molecular flexibility index (Phi) is 3.75. The summed E-state index contributed by atoms with van der Waals surface area (Å²) in [6, 6.07) is 4.07. The minimum Gasteiger partial charge on any atom is -0.397 e. The molecule has 1 aromatic heterocycles. The summed E-state index contributed by atoms with van der Waals surface area (Å²) < 4.78 is 12.4. The molecule has 2 heterocycles. The summed E-state index contributed by atoms with van der Waals surface area (Å²) in [5.41, 5.74) is 9.00. The zero-order valence-electron chi connectivity index (χ0n) is 11.7. The first-order valence-electron chi connectivity index (χ1n) is 6.86. The van der Waals surface area contributed by atoms with Gasteiger partial charge in [0, 0.05) is 31.8 Å². The smallest absolute Gasteiger partial charge is 0.0945 e. The first kappa shape index (κ1) is 13.2. The lowest BCUT2D eigenvalue weighted by Crippen LogP contribution is -2.36. The van der Waals surface area contributed by atoms with Gasteiger partial charge in [-0.05, 0) is 12.1 Å². The molecule has 20 heavy (non-hydrogen) atoms. The summed E-state index contributed by atoms with van der Waals surface area (Å²) in [5, 5.41) is 5.64. The van der Waals surface area contributed by atoms with E-state index in [1.165, 1.54) is 0 Å². The zero-order chi connectivity index (χ0) is 13.9. The molecule has 108 valence electrons. The lowest BCUT2D eigenvalue weighted by atomic mass is 10.2. The topological polar surface area (TPSA) is 65.5 Å². The number of fused-ring (bicyclic) bond motifs is 1. The van der Waals surface area contributed by atoms with Gasteiger partial charge in [-0.25, -0.2) is 0 Å². The molecule has 0 bridgehead atoms. The molecule has 0 radical (unpaired) electrons. The van der Waals surface area contributed by atoms with Gasteiger partial charge in [-0.1, -0.05) is 0 Å². The van der Waals surface area contributed by atoms with Crippen molar-refractivity contribution in [3.8, 4) is 0 Å². The molecule has 1 aliphatic heterocycles. The van der Waals surface area contributed by atoms with Gasteiger partial charge in [0.2, 0.25) is 0 Å². The Balaban J connectivity index is 1.91. The number of nitrogen functional groups attached to an aromatic ring is 1. The molecule has 2 aromatic rings. The second-order valence-electron chi connectivity index (χ2n) is 4.95. The van der Waals surface area contributed by atoms with Gasteiger partial charge in [0.15, 0.2) is 0 Å². The number of anilines is 2. The molecule has 2 N–H and O–H groups in total. The van der Waals surface area contributed by atoms with Crippen LogP contribution >= 0.6 is 0 Å². The quantitative estimate of drug-likeness (QED) is 0.847. The van der Waals surface area contributed by atoms with Gasteiger partial charge in [0.25, 0.3) is 0 Å². The maximum Gasteiger partial charge on any atom is 0.0945 e. The molecule has 0 atom stereocenters. The van der Waals surface area contributed by atoms with E-state index >= 15 is 0 Å². The Morgan fingerprint density at radius 3 is 2.90 bits per heavy atom. The number of morpholine rings is 1. The van der Waals surface area contributed by atoms with E-state index in [-0.39, 0.29) is 0 Å². The fraction of sp³-hybridized carbons (Fsp3) is 0.500. The number of hydrogen-bond acceptors (Lipinski definition) is 5. The molecule has 0 amide bonds. The summed E-state index contributed by atoms with van der Waals surface area (Å²) in [6.07, 6.45) is 2.01. The first-order chi connectivity index (χ1) is 9.78. The van der Waals surface area contributed by atoms with Crippen molar-refractivity contribution in [2.75, 3.05) is 50.7 Å². The van der Waals surface area contributed by atoms with Crippen LogP contribution in [-0.2, 0) is 16.0 Å². The molecule has 1 aromatic carbocycles. The Labute approximate surface area is 118 Å². The number of hydrogen-bond donors (Lipinski definition) is 1. The molecule has 0 saturated carbocycles. The highest BCUT2D eigenvalue weighted by Crippen LogP contribution is 2.29. The third-order valence-corrected chi connectivity index (χ3v) is 3.58. The van der Waals surface area contributed by atoms with Gasteiger partial charge in [0.1, 0.15) is 0 Å². The maximum atomic E-state index is 6.18. The molecule has 1 fully saturated rings. The number of rotatable bonds is 4. The third-order valence-electron chi connectivity index (χ3n) is 3.58. The minimum atomic E-state index is 0.653. The molecular formula is C14H20N4O2. The summed E-state index contributed by atoms with van der Waals surface area (Å²) >= 11 is 0. The number of aromatic nitrogens is 2. The number of methoxy groups -OCH3 is 1. The Bertz CT molecular complexity index is 590. The van der Waals surface area contributed by atoms with Crippen LogP contribution in [0.4, 0.5) is 11.4 Å². The Morgan fingerprint density at radius 1 is 1.35 bits per heavy atom. The van der Waals surface area contributed by atoms with Gasteiger partial charge in [0.05, 0.1) is 43.3 Å². The molecule has 1 saturated heterocycles. The molecule has 0 spiro atoms. The predicted octanol–water partition coefficient (Wildman–Crippen LogP) is 1.10. The van der Waals surface area contributed by atoms with E-state index in [1.807, 2.05) is 16.9 Å². The maximum absolute atomic E-state index is 6.18. The van der Waals surface area contributed by atoms with Crippen molar-refractivity contribution in [3.05, 3.63) is 18.3 Å². The SMILES string of the molecule is COCCn1cc2cc(N)c(N3CCOCC3)cc2n1. The molecular weight excluding hydrogens is 256 g/mol. The van der Waals surface area contributed by atoms with E-state index in [1.54, 1.807) is 7.11 Å². The van der Waals surface area contributed by atoms with Crippen LogP contribution in [0.5, 0.6) is 0 Å². The largest absolute Gasteiger partial charge is 0.397 e. The monoisotopic (exact) mass is 276 g/mol. The number of ether oxygens (including phenoxy) is 2. The molecule has 6 nitrogen and oxygen atoms in total. The fourth-order valence-corrected chi connectivity index (χ4v) is 2.51. The van der Waals surface area contributed by atoms with Crippen LogP contribution in [0.2, 0.25) is 0 Å². The van der Waals surface area contributed by atoms with Crippen LogP contribution in [0.3, 0.4) is 0 Å². The van der Waals surface area contributed by atoms with E-state index in [9.17, 15) is 0 Å². The van der Waals surface area contributed by atoms with Crippen LogP contribution in [0.15, 0.2) is 18.3 Å². The highest BCUT2D eigenvalue weighted by Gasteiger charge is 2.15. The van der Waals surface area contributed by atoms with Crippen molar-refractivity contribution in [2.24, 2.45) is 0 Å². The highest BCUT2D eigenvalue weighted by atomic mass is 16.5. The number of benzene rings is 1. The van der Waals surface area contributed by atoms with Gasteiger partial charge < -0.3 is 20.1 Å². The van der Waals surface area contributed by atoms with Crippen LogP contribution in [0.25, 0.3) is 10.9 Å². The second-order valence-corrected chi connectivity index (χ2v) is 4.95. The predicted molar refractivity (Wildman–Crippen MR) is 79.1 cm³/mol. The second kappa shape index (κ2) is 5.68. The fourth-order valence-electron chi connectivity index (χ4n) is 2.51. The molecule has 0 unspecified atom stereocenters. The van der Waals surface area contributed by atoms with Crippen molar-refractivity contribution in [1.82, 2.24) is 9.78 Å². The van der Waals surface area contributed by atoms with Gasteiger partial charge >= 0.3 is 0 Å². The van der Waals surface area contributed by atoms with Crippen molar-refractivity contribution >= 4 is 22.3 Å². The molecule has 3 rings (SSSR count). The zero-order valence-corrected chi connectivity index (χ0v) is 11.7. The van der Waals surface area contributed by atoms with E-state index in [0.717, 1.165) is 55.1 Å². The molecule has 0 aliphatic carbocycles. The lowest BCUT2D eigenvalue weighted by Gasteiger charge is -2.29.